The largest absolute Gasteiger partial charge is 0.378 e. The molecule has 0 aliphatic rings. The third-order valence-corrected chi connectivity index (χ3v) is 3.26. The summed E-state index contributed by atoms with van der Waals surface area (Å²) in [6.45, 7) is 15.0. The third-order valence-electron chi connectivity index (χ3n) is 3.26. The fourth-order valence-electron chi connectivity index (χ4n) is 1.93. The molecule has 2 heteroatoms. The van der Waals surface area contributed by atoms with Gasteiger partial charge in [-0.1, -0.05) is 23.0 Å². The first-order chi connectivity index (χ1) is 10.0. The second-order valence-electron chi connectivity index (χ2n) is 6.67. The van der Waals surface area contributed by atoms with E-state index in [1.807, 2.05) is 13.8 Å². The maximum absolute atomic E-state index is 10.1. The van der Waals surface area contributed by atoms with Gasteiger partial charge in [0, 0.05) is 0 Å². The highest BCUT2D eigenvalue weighted by atomic mass is 16.3. The van der Waals surface area contributed by atoms with Crippen molar-refractivity contribution in [3.63, 3.8) is 0 Å². The van der Waals surface area contributed by atoms with Crippen molar-refractivity contribution in [3.8, 4) is 23.7 Å². The van der Waals surface area contributed by atoms with Crippen LogP contribution in [-0.4, -0.2) is 21.4 Å². The molecule has 0 aliphatic heterocycles. The van der Waals surface area contributed by atoms with Gasteiger partial charge in [0.15, 0.2) is 0 Å². The van der Waals surface area contributed by atoms with Gasteiger partial charge in [-0.3, -0.25) is 0 Å². The highest BCUT2D eigenvalue weighted by Crippen LogP contribution is 2.15. The van der Waals surface area contributed by atoms with Crippen LogP contribution in [0.2, 0.25) is 0 Å². The Morgan fingerprint density at radius 2 is 1.14 bits per heavy atom. The van der Waals surface area contributed by atoms with Gasteiger partial charge in [-0.05, 0) is 78.1 Å². The summed E-state index contributed by atoms with van der Waals surface area (Å²) in [4.78, 5) is 0. The van der Waals surface area contributed by atoms with Crippen LogP contribution in [0.15, 0.2) is 24.3 Å². The first kappa shape index (κ1) is 20.5. The maximum Gasteiger partial charge on any atom is 0.123 e. The Bertz CT molecular complexity index is 453. The first-order valence-corrected chi connectivity index (χ1v) is 7.82. The van der Waals surface area contributed by atoms with E-state index in [1.165, 1.54) is 0 Å². The monoisotopic (exact) mass is 302 g/mol. The number of aliphatic hydroxyl groups is 2. The molecule has 2 atom stereocenters. The van der Waals surface area contributed by atoms with Crippen molar-refractivity contribution in [1.29, 1.82) is 0 Å². The highest BCUT2D eigenvalue weighted by Gasteiger charge is 2.17. The van der Waals surface area contributed by atoms with Gasteiger partial charge in [-0.15, -0.1) is 13.2 Å². The molecule has 0 fully saturated rings. The molecule has 0 aromatic carbocycles. The van der Waals surface area contributed by atoms with E-state index in [9.17, 15) is 10.2 Å². The molecule has 122 valence electrons. The van der Waals surface area contributed by atoms with Gasteiger partial charge in [-0.25, -0.2) is 0 Å². The van der Waals surface area contributed by atoms with Crippen LogP contribution in [-0.2, 0) is 0 Å². The van der Waals surface area contributed by atoms with E-state index in [0.29, 0.717) is 12.8 Å². The van der Waals surface area contributed by atoms with E-state index in [-0.39, 0.29) is 0 Å². The predicted octanol–water partition coefficient (Wildman–Crippen LogP) is 3.99. The van der Waals surface area contributed by atoms with Gasteiger partial charge in [0.05, 0.1) is 0 Å². The molecule has 0 bridgehead atoms. The minimum absolute atomic E-state index is 0.587. The Morgan fingerprint density at radius 1 is 0.818 bits per heavy atom. The van der Waals surface area contributed by atoms with Gasteiger partial charge < -0.3 is 10.2 Å². The SMILES string of the molecule is C=C(C)CCCC(C)(O)C#CC#CC(C)(O)CCCC(=C)C. The van der Waals surface area contributed by atoms with Crippen LogP contribution in [0.5, 0.6) is 0 Å². The molecule has 0 amide bonds. The molecule has 2 nitrogen and oxygen atoms in total. The third kappa shape index (κ3) is 12.3. The van der Waals surface area contributed by atoms with Crippen LogP contribution in [0, 0.1) is 23.7 Å². The van der Waals surface area contributed by atoms with Crippen molar-refractivity contribution < 1.29 is 10.2 Å². The van der Waals surface area contributed by atoms with Crippen LogP contribution in [0.3, 0.4) is 0 Å². The van der Waals surface area contributed by atoms with E-state index in [0.717, 1.165) is 36.8 Å². The summed E-state index contributed by atoms with van der Waals surface area (Å²) >= 11 is 0. The summed E-state index contributed by atoms with van der Waals surface area (Å²) in [6.07, 6.45) is 4.65. The van der Waals surface area contributed by atoms with Crippen LogP contribution >= 0.6 is 0 Å². The molecule has 0 aliphatic carbocycles. The fourth-order valence-corrected chi connectivity index (χ4v) is 1.93. The lowest BCUT2D eigenvalue weighted by Crippen LogP contribution is -2.22. The van der Waals surface area contributed by atoms with Crippen molar-refractivity contribution in [1.82, 2.24) is 0 Å². The Kier molecular flexibility index (Phi) is 8.88. The van der Waals surface area contributed by atoms with Crippen LogP contribution in [0.4, 0.5) is 0 Å². The summed E-state index contributed by atoms with van der Waals surface area (Å²) in [5.74, 6) is 10.8. The lowest BCUT2D eigenvalue weighted by molar-refractivity contribution is 0.109. The number of rotatable bonds is 8. The quantitative estimate of drug-likeness (QED) is 0.526. The van der Waals surface area contributed by atoms with E-state index in [2.05, 4.69) is 36.8 Å². The van der Waals surface area contributed by atoms with E-state index in [4.69, 9.17) is 0 Å². The van der Waals surface area contributed by atoms with E-state index in [1.54, 1.807) is 13.8 Å². The summed E-state index contributed by atoms with van der Waals surface area (Å²) in [5.41, 5.74) is 0.120. The first-order valence-electron chi connectivity index (χ1n) is 7.82. The van der Waals surface area contributed by atoms with Crippen molar-refractivity contribution in [2.45, 2.75) is 77.4 Å². The van der Waals surface area contributed by atoms with Crippen LogP contribution in [0.1, 0.15) is 66.2 Å². The average molecular weight is 302 g/mol. The van der Waals surface area contributed by atoms with E-state index < -0.39 is 11.2 Å². The molecule has 0 aromatic heterocycles. The zero-order chi connectivity index (χ0) is 17.2. The van der Waals surface area contributed by atoms with Gasteiger partial charge in [0.1, 0.15) is 11.2 Å². The van der Waals surface area contributed by atoms with Crippen molar-refractivity contribution in [3.05, 3.63) is 24.3 Å². The molecule has 0 rings (SSSR count). The summed E-state index contributed by atoms with van der Waals surface area (Å²) < 4.78 is 0. The second-order valence-corrected chi connectivity index (χ2v) is 6.67. The minimum Gasteiger partial charge on any atom is -0.378 e. The number of hydrogen-bond donors (Lipinski definition) is 2. The van der Waals surface area contributed by atoms with Gasteiger partial charge in [-0.2, -0.15) is 0 Å². The Hall–Kier alpha value is -1.48. The van der Waals surface area contributed by atoms with E-state index >= 15 is 0 Å². The molecule has 0 saturated carbocycles. The van der Waals surface area contributed by atoms with Crippen molar-refractivity contribution >= 4 is 0 Å². The minimum atomic E-state index is -1.05. The summed E-state index contributed by atoms with van der Waals surface area (Å²) in [5, 5.41) is 20.2. The molecular formula is C20H30O2. The fraction of sp³-hybridized carbons (Fsp3) is 0.600. The maximum atomic E-state index is 10.1. The standard InChI is InChI=1S/C20H30O2/c1-17(2)11-9-15-19(5,21)13-7-8-14-20(6,22)16-10-12-18(3)4/h21-22H,1,3,9-12,15-16H2,2,4-6H3. The van der Waals surface area contributed by atoms with Gasteiger partial charge in [0.2, 0.25) is 0 Å². The van der Waals surface area contributed by atoms with Crippen molar-refractivity contribution in [2.24, 2.45) is 0 Å². The Morgan fingerprint density at radius 3 is 1.41 bits per heavy atom. The number of hydrogen-bond acceptors (Lipinski definition) is 2. The molecule has 0 radical (unpaired) electrons. The van der Waals surface area contributed by atoms with Gasteiger partial charge >= 0.3 is 0 Å². The predicted molar refractivity (Wildman–Crippen MR) is 94.1 cm³/mol. The van der Waals surface area contributed by atoms with Crippen molar-refractivity contribution in [2.75, 3.05) is 0 Å². The smallest absolute Gasteiger partial charge is 0.123 e. The zero-order valence-corrected chi connectivity index (χ0v) is 14.6. The number of allylic oxidation sites excluding steroid dienone is 2. The van der Waals surface area contributed by atoms with Gasteiger partial charge in [0.25, 0.3) is 0 Å². The van der Waals surface area contributed by atoms with Crippen LogP contribution < -0.4 is 0 Å². The Labute approximate surface area is 136 Å². The zero-order valence-electron chi connectivity index (χ0n) is 14.6. The summed E-state index contributed by atoms with van der Waals surface area (Å²) in [7, 11) is 0. The normalized spacial score (nSPS) is 15.4. The molecule has 2 unspecified atom stereocenters. The second kappa shape index (κ2) is 9.52. The molecule has 0 heterocycles. The molecular weight excluding hydrogens is 272 g/mol. The molecule has 22 heavy (non-hydrogen) atoms. The lowest BCUT2D eigenvalue weighted by Gasteiger charge is -2.16. The highest BCUT2D eigenvalue weighted by molar-refractivity contribution is 5.32. The Balaban J connectivity index is 4.41. The average Bonchev–Trinajstić information content (AvgIpc) is 2.33. The molecule has 2 N–H and O–H groups in total. The summed E-state index contributed by atoms with van der Waals surface area (Å²) in [6, 6.07) is 0. The lowest BCUT2D eigenvalue weighted by atomic mass is 9.97. The molecule has 0 spiro atoms. The molecule has 0 aromatic rings. The molecule has 0 saturated heterocycles. The topological polar surface area (TPSA) is 40.5 Å². The van der Waals surface area contributed by atoms with Crippen LogP contribution in [0.25, 0.3) is 0 Å².